The number of nitrogens with zero attached hydrogens (tertiary/aromatic N) is 6. The Morgan fingerprint density at radius 3 is 2.54 bits per heavy atom. The second kappa shape index (κ2) is 7.74. The number of piperidine rings is 1. The Kier molecular flexibility index (Phi) is 5.02. The molecule has 0 saturated carbocycles. The molecule has 0 spiro atoms. The fraction of sp³-hybridized carbons (Fsp3) is 0.400. The molecule has 3 aromatic rings. The Balaban J connectivity index is 1.67. The number of pyridine rings is 1. The number of rotatable bonds is 5. The minimum absolute atomic E-state index is 0.0117. The monoisotopic (exact) mass is 348 g/mol. The first kappa shape index (κ1) is 16.8. The van der Waals surface area contributed by atoms with Crippen molar-refractivity contribution in [1.29, 1.82) is 0 Å². The highest BCUT2D eigenvalue weighted by molar-refractivity contribution is 5.19. The molecular formula is C20H24N6. The van der Waals surface area contributed by atoms with Crippen LogP contribution in [0.5, 0.6) is 0 Å². The summed E-state index contributed by atoms with van der Waals surface area (Å²) in [5.74, 6) is 1.64. The Labute approximate surface area is 153 Å². The number of tetrazole rings is 1. The highest BCUT2D eigenvalue weighted by Crippen LogP contribution is 2.30. The lowest BCUT2D eigenvalue weighted by molar-refractivity contribution is 0.148. The molecule has 0 bridgehead atoms. The van der Waals surface area contributed by atoms with Gasteiger partial charge in [0.05, 0.1) is 12.2 Å². The average molecular weight is 348 g/mol. The van der Waals surface area contributed by atoms with Crippen LogP contribution < -0.4 is 0 Å². The molecular weight excluding hydrogens is 324 g/mol. The van der Waals surface area contributed by atoms with E-state index in [4.69, 9.17) is 0 Å². The molecule has 0 N–H and O–H groups in total. The maximum atomic E-state index is 4.63. The van der Waals surface area contributed by atoms with Crippen LogP contribution in [-0.2, 0) is 6.54 Å². The Morgan fingerprint density at radius 2 is 1.81 bits per heavy atom. The van der Waals surface area contributed by atoms with Gasteiger partial charge in [-0.15, -0.1) is 5.10 Å². The minimum Gasteiger partial charge on any atom is -0.288 e. The highest BCUT2D eigenvalue weighted by Gasteiger charge is 2.31. The van der Waals surface area contributed by atoms with Gasteiger partial charge in [-0.3, -0.25) is 9.88 Å². The predicted octanol–water partition coefficient (Wildman–Crippen LogP) is 2.94. The lowest BCUT2D eigenvalue weighted by atomic mass is 9.97. The van der Waals surface area contributed by atoms with Gasteiger partial charge in [-0.2, -0.15) is 0 Å². The molecule has 1 fully saturated rings. The van der Waals surface area contributed by atoms with Crippen molar-refractivity contribution in [2.75, 3.05) is 13.1 Å². The van der Waals surface area contributed by atoms with Crippen molar-refractivity contribution in [1.82, 2.24) is 30.1 Å². The minimum atomic E-state index is -0.0117. The van der Waals surface area contributed by atoms with Gasteiger partial charge in [0, 0.05) is 6.20 Å². The van der Waals surface area contributed by atoms with Gasteiger partial charge in [-0.05, 0) is 60.0 Å². The molecule has 0 radical (unpaired) electrons. The van der Waals surface area contributed by atoms with E-state index in [9.17, 15) is 0 Å². The molecule has 134 valence electrons. The SMILES string of the molecule is CC1CCN([C@@H](c2ccccn2)c2nnnn2Cc2ccccc2)CC1. The fourth-order valence-corrected chi connectivity index (χ4v) is 3.58. The van der Waals surface area contributed by atoms with Crippen LogP contribution in [0.2, 0.25) is 0 Å². The Bertz CT molecular complexity index is 809. The first-order valence-electron chi connectivity index (χ1n) is 9.26. The third-order valence-corrected chi connectivity index (χ3v) is 5.13. The third kappa shape index (κ3) is 3.65. The van der Waals surface area contributed by atoms with Crippen LogP contribution in [0.1, 0.15) is 42.9 Å². The van der Waals surface area contributed by atoms with Crippen molar-refractivity contribution < 1.29 is 0 Å². The van der Waals surface area contributed by atoms with E-state index >= 15 is 0 Å². The molecule has 4 rings (SSSR count). The van der Waals surface area contributed by atoms with E-state index in [1.54, 1.807) is 0 Å². The molecule has 1 aliphatic heterocycles. The van der Waals surface area contributed by atoms with Gasteiger partial charge in [0.25, 0.3) is 0 Å². The Hall–Kier alpha value is -2.60. The van der Waals surface area contributed by atoms with Crippen molar-refractivity contribution in [2.45, 2.75) is 32.4 Å². The van der Waals surface area contributed by atoms with Crippen LogP contribution in [0.15, 0.2) is 54.7 Å². The summed E-state index contributed by atoms with van der Waals surface area (Å²) in [5.41, 5.74) is 2.19. The summed E-state index contributed by atoms with van der Waals surface area (Å²) in [6, 6.07) is 16.4. The van der Waals surface area contributed by atoms with Gasteiger partial charge >= 0.3 is 0 Å². The topological polar surface area (TPSA) is 59.7 Å². The number of hydrogen-bond acceptors (Lipinski definition) is 5. The molecule has 0 aliphatic carbocycles. The van der Waals surface area contributed by atoms with Crippen LogP contribution in [0.25, 0.3) is 0 Å². The van der Waals surface area contributed by atoms with Gasteiger partial charge in [-0.25, -0.2) is 4.68 Å². The largest absolute Gasteiger partial charge is 0.288 e. The maximum Gasteiger partial charge on any atom is 0.174 e. The number of hydrogen-bond donors (Lipinski definition) is 0. The van der Waals surface area contributed by atoms with Crippen LogP contribution in [0, 0.1) is 5.92 Å². The zero-order chi connectivity index (χ0) is 17.8. The molecule has 1 saturated heterocycles. The zero-order valence-corrected chi connectivity index (χ0v) is 15.1. The van der Waals surface area contributed by atoms with Crippen LogP contribution in [-0.4, -0.2) is 43.2 Å². The summed E-state index contributed by atoms with van der Waals surface area (Å²) in [7, 11) is 0. The lowest BCUT2D eigenvalue weighted by Crippen LogP contribution is -2.38. The molecule has 1 atom stereocenters. The Morgan fingerprint density at radius 1 is 1.04 bits per heavy atom. The van der Waals surface area contributed by atoms with E-state index in [2.05, 4.69) is 50.5 Å². The standard InChI is InChI=1S/C20H24N6/c1-16-10-13-25(14-11-16)19(18-9-5-6-12-21-18)20-22-23-24-26(20)15-17-7-3-2-4-8-17/h2-9,12,16,19H,10-11,13-15H2,1H3/t19-/m0/s1. The van der Waals surface area contributed by atoms with Crippen molar-refractivity contribution in [3.63, 3.8) is 0 Å². The van der Waals surface area contributed by atoms with Gasteiger partial charge < -0.3 is 0 Å². The summed E-state index contributed by atoms with van der Waals surface area (Å²) in [6.07, 6.45) is 4.24. The summed E-state index contributed by atoms with van der Waals surface area (Å²) in [5, 5.41) is 12.7. The summed E-state index contributed by atoms with van der Waals surface area (Å²) < 4.78 is 1.91. The van der Waals surface area contributed by atoms with Crippen LogP contribution in [0.4, 0.5) is 0 Å². The van der Waals surface area contributed by atoms with Crippen LogP contribution in [0.3, 0.4) is 0 Å². The molecule has 1 aliphatic rings. The van der Waals surface area contributed by atoms with Gasteiger partial charge in [0.1, 0.15) is 6.04 Å². The van der Waals surface area contributed by atoms with E-state index in [0.29, 0.717) is 6.54 Å². The molecule has 1 aromatic carbocycles. The summed E-state index contributed by atoms with van der Waals surface area (Å²) >= 11 is 0. The molecule has 6 nitrogen and oxygen atoms in total. The molecule has 26 heavy (non-hydrogen) atoms. The number of likely N-dealkylation sites (tertiary alicyclic amines) is 1. The molecule has 0 unspecified atom stereocenters. The second-order valence-electron chi connectivity index (χ2n) is 7.06. The summed E-state index contributed by atoms with van der Waals surface area (Å²) in [4.78, 5) is 7.09. The van der Waals surface area contributed by atoms with Gasteiger partial charge in [0.2, 0.25) is 0 Å². The average Bonchev–Trinajstić information content (AvgIpc) is 3.13. The van der Waals surface area contributed by atoms with Crippen LogP contribution >= 0.6 is 0 Å². The predicted molar refractivity (Wildman–Crippen MR) is 99.4 cm³/mol. The quantitative estimate of drug-likeness (QED) is 0.709. The van der Waals surface area contributed by atoms with E-state index in [0.717, 1.165) is 30.5 Å². The summed E-state index contributed by atoms with van der Waals surface area (Å²) in [6.45, 7) is 5.07. The van der Waals surface area contributed by atoms with Crippen molar-refractivity contribution >= 4 is 0 Å². The van der Waals surface area contributed by atoms with E-state index in [1.165, 1.54) is 18.4 Å². The van der Waals surface area contributed by atoms with Crippen molar-refractivity contribution in [3.05, 3.63) is 71.8 Å². The second-order valence-corrected chi connectivity index (χ2v) is 7.06. The molecule has 2 aromatic heterocycles. The third-order valence-electron chi connectivity index (χ3n) is 5.13. The van der Waals surface area contributed by atoms with Gasteiger partial charge in [-0.1, -0.05) is 43.3 Å². The maximum absolute atomic E-state index is 4.63. The molecule has 3 heterocycles. The van der Waals surface area contributed by atoms with Gasteiger partial charge in [0.15, 0.2) is 5.82 Å². The highest BCUT2D eigenvalue weighted by atomic mass is 15.5. The first-order chi connectivity index (χ1) is 12.8. The van der Waals surface area contributed by atoms with E-state index in [-0.39, 0.29) is 6.04 Å². The number of aromatic nitrogens is 5. The lowest BCUT2D eigenvalue weighted by Gasteiger charge is -2.35. The first-order valence-corrected chi connectivity index (χ1v) is 9.26. The van der Waals surface area contributed by atoms with Crippen molar-refractivity contribution in [3.8, 4) is 0 Å². The molecule has 6 heteroatoms. The van der Waals surface area contributed by atoms with Crippen molar-refractivity contribution in [2.24, 2.45) is 5.92 Å². The normalized spacial score (nSPS) is 17.3. The fourth-order valence-electron chi connectivity index (χ4n) is 3.58. The molecule has 0 amide bonds. The zero-order valence-electron chi connectivity index (χ0n) is 15.1. The number of benzene rings is 1. The van der Waals surface area contributed by atoms with E-state index < -0.39 is 0 Å². The van der Waals surface area contributed by atoms with E-state index in [1.807, 2.05) is 41.2 Å². The smallest absolute Gasteiger partial charge is 0.174 e.